The highest BCUT2D eigenvalue weighted by atomic mass is 35.5. The van der Waals surface area contributed by atoms with Gasteiger partial charge in [-0.25, -0.2) is 0 Å². The molecule has 0 spiro atoms. The lowest BCUT2D eigenvalue weighted by Gasteiger charge is -2.23. The quantitative estimate of drug-likeness (QED) is 0.507. The van der Waals surface area contributed by atoms with Gasteiger partial charge in [-0.05, 0) is 66.9 Å². The fraction of sp³-hybridized carbons (Fsp3) is 0.375. The van der Waals surface area contributed by atoms with Gasteiger partial charge in [-0.1, -0.05) is 56.8 Å². The number of halogens is 1. The van der Waals surface area contributed by atoms with E-state index in [2.05, 4.69) is 29.8 Å². The van der Waals surface area contributed by atoms with E-state index in [0.717, 1.165) is 31.2 Å². The van der Waals surface area contributed by atoms with Crippen LogP contribution in [0.25, 0.3) is 0 Å². The highest BCUT2D eigenvalue weighted by molar-refractivity contribution is 7.80. The van der Waals surface area contributed by atoms with Gasteiger partial charge in [-0.3, -0.25) is 14.9 Å². The van der Waals surface area contributed by atoms with E-state index in [-0.39, 0.29) is 23.0 Å². The van der Waals surface area contributed by atoms with Crippen molar-refractivity contribution >= 4 is 46.4 Å². The summed E-state index contributed by atoms with van der Waals surface area (Å²) in [6, 6.07) is 12.6. The van der Waals surface area contributed by atoms with Crippen molar-refractivity contribution in [1.29, 1.82) is 0 Å². The van der Waals surface area contributed by atoms with Gasteiger partial charge in [0.25, 0.3) is 11.8 Å². The Kier molecular flexibility index (Phi) is 8.04. The molecular weight excluding hydrogens is 430 g/mol. The molecule has 0 radical (unpaired) electrons. The summed E-state index contributed by atoms with van der Waals surface area (Å²) >= 11 is 11.5. The average molecular weight is 458 g/mol. The third kappa shape index (κ3) is 6.52. The first-order chi connectivity index (χ1) is 14.8. The number of thiocarbonyl (C=S) groups is 1. The zero-order valence-corrected chi connectivity index (χ0v) is 19.4. The zero-order chi connectivity index (χ0) is 22.4. The summed E-state index contributed by atoms with van der Waals surface area (Å²) in [5.74, 6) is -0.0907. The van der Waals surface area contributed by atoms with Gasteiger partial charge < -0.3 is 10.6 Å². The fourth-order valence-corrected chi connectivity index (χ4v) is 4.06. The smallest absolute Gasteiger partial charge is 0.257 e. The van der Waals surface area contributed by atoms with E-state index in [0.29, 0.717) is 27.8 Å². The largest absolute Gasteiger partial charge is 0.349 e. The number of anilines is 1. The number of benzene rings is 2. The minimum atomic E-state index is -0.294. The molecule has 0 saturated heterocycles. The zero-order valence-electron chi connectivity index (χ0n) is 17.8. The topological polar surface area (TPSA) is 70.2 Å². The normalized spacial score (nSPS) is 14.2. The average Bonchev–Trinajstić information content (AvgIpc) is 2.75. The van der Waals surface area contributed by atoms with Gasteiger partial charge in [0, 0.05) is 17.3 Å². The van der Waals surface area contributed by atoms with Gasteiger partial charge in [0.1, 0.15) is 0 Å². The van der Waals surface area contributed by atoms with Crippen molar-refractivity contribution < 1.29 is 9.59 Å². The second kappa shape index (κ2) is 10.7. The van der Waals surface area contributed by atoms with Gasteiger partial charge in [0.2, 0.25) is 0 Å². The Labute approximate surface area is 193 Å². The van der Waals surface area contributed by atoms with Crippen molar-refractivity contribution in [1.82, 2.24) is 10.6 Å². The molecule has 0 heterocycles. The van der Waals surface area contributed by atoms with Crippen LogP contribution in [-0.4, -0.2) is 23.0 Å². The van der Waals surface area contributed by atoms with Gasteiger partial charge >= 0.3 is 0 Å². The van der Waals surface area contributed by atoms with Crippen LogP contribution in [0.4, 0.5) is 5.69 Å². The number of amides is 2. The van der Waals surface area contributed by atoms with Crippen LogP contribution in [0.1, 0.15) is 78.1 Å². The number of carbonyl (C=O) groups excluding carboxylic acids is 2. The third-order valence-electron chi connectivity index (χ3n) is 5.48. The molecule has 0 aromatic heterocycles. The van der Waals surface area contributed by atoms with E-state index >= 15 is 0 Å². The Morgan fingerprint density at radius 3 is 2.32 bits per heavy atom. The first-order valence-electron chi connectivity index (χ1n) is 10.7. The van der Waals surface area contributed by atoms with Crippen LogP contribution in [0.15, 0.2) is 42.5 Å². The first kappa shape index (κ1) is 23.2. The number of nitrogens with one attached hydrogen (secondary N) is 3. The van der Waals surface area contributed by atoms with Gasteiger partial charge in [-0.2, -0.15) is 0 Å². The van der Waals surface area contributed by atoms with Crippen molar-refractivity contribution in [2.24, 2.45) is 0 Å². The molecule has 2 aromatic carbocycles. The van der Waals surface area contributed by atoms with Gasteiger partial charge in [0.15, 0.2) is 5.11 Å². The molecule has 3 rings (SSSR count). The predicted molar refractivity (Wildman–Crippen MR) is 130 cm³/mol. The maximum atomic E-state index is 12.7. The van der Waals surface area contributed by atoms with Crippen molar-refractivity contribution in [2.45, 2.75) is 57.9 Å². The van der Waals surface area contributed by atoms with E-state index < -0.39 is 0 Å². The van der Waals surface area contributed by atoms with Gasteiger partial charge in [-0.15, -0.1) is 0 Å². The highest BCUT2D eigenvalue weighted by Crippen LogP contribution is 2.23. The summed E-state index contributed by atoms with van der Waals surface area (Å²) in [6.45, 7) is 4.20. The molecule has 0 atom stereocenters. The minimum Gasteiger partial charge on any atom is -0.349 e. The van der Waals surface area contributed by atoms with Crippen molar-refractivity contribution in [3.8, 4) is 0 Å². The molecule has 1 aliphatic carbocycles. The summed E-state index contributed by atoms with van der Waals surface area (Å²) in [5, 5.41) is 9.22. The molecule has 1 saturated carbocycles. The lowest BCUT2D eigenvalue weighted by Crippen LogP contribution is -2.36. The molecule has 164 valence electrons. The molecule has 5 nitrogen and oxygen atoms in total. The van der Waals surface area contributed by atoms with Crippen LogP contribution in [0.2, 0.25) is 5.02 Å². The Balaban J connectivity index is 1.61. The highest BCUT2D eigenvalue weighted by Gasteiger charge is 2.19. The second-order valence-electron chi connectivity index (χ2n) is 8.19. The molecule has 2 amide bonds. The molecular formula is C24H28ClN3O2S. The third-order valence-corrected chi connectivity index (χ3v) is 6.01. The fourth-order valence-electron chi connectivity index (χ4n) is 3.64. The number of rotatable bonds is 5. The van der Waals surface area contributed by atoms with E-state index in [1.807, 2.05) is 12.1 Å². The first-order valence-corrected chi connectivity index (χ1v) is 11.4. The molecule has 3 N–H and O–H groups in total. The maximum absolute atomic E-state index is 12.7. The van der Waals surface area contributed by atoms with E-state index in [4.69, 9.17) is 23.8 Å². The second-order valence-corrected chi connectivity index (χ2v) is 9.00. The Bertz CT molecular complexity index is 954. The van der Waals surface area contributed by atoms with Crippen LogP contribution in [0.5, 0.6) is 0 Å². The predicted octanol–water partition coefficient (Wildman–Crippen LogP) is 5.65. The van der Waals surface area contributed by atoms with E-state index in [1.54, 1.807) is 30.3 Å². The lowest BCUT2D eigenvalue weighted by atomic mass is 9.95. The van der Waals surface area contributed by atoms with Crippen LogP contribution < -0.4 is 16.0 Å². The summed E-state index contributed by atoms with van der Waals surface area (Å²) in [4.78, 5) is 25.1. The van der Waals surface area contributed by atoms with Crippen LogP contribution in [0, 0.1) is 0 Å². The van der Waals surface area contributed by atoms with Crippen molar-refractivity contribution in [2.75, 3.05) is 5.32 Å². The van der Waals surface area contributed by atoms with Gasteiger partial charge in [0.05, 0.1) is 10.6 Å². The standard InChI is InChI=1S/C24H28ClN3O2S/c1-15(2)16-8-10-17(11-9-16)22(29)28-24(31)27-19-12-13-21(25)20(14-19)23(30)26-18-6-4-3-5-7-18/h8-15,18H,3-7H2,1-2H3,(H,26,30)(H2,27,28,29,31). The van der Waals surface area contributed by atoms with Crippen LogP contribution in [-0.2, 0) is 0 Å². The minimum absolute atomic E-state index is 0.152. The van der Waals surface area contributed by atoms with E-state index in [1.165, 1.54) is 6.42 Å². The lowest BCUT2D eigenvalue weighted by molar-refractivity contribution is 0.0926. The van der Waals surface area contributed by atoms with Crippen molar-refractivity contribution in [3.05, 3.63) is 64.2 Å². The number of hydrogen-bond acceptors (Lipinski definition) is 3. The molecule has 7 heteroatoms. The van der Waals surface area contributed by atoms with Crippen LogP contribution >= 0.6 is 23.8 Å². The summed E-state index contributed by atoms with van der Waals surface area (Å²) in [5.41, 5.74) is 2.66. The van der Waals surface area contributed by atoms with E-state index in [9.17, 15) is 9.59 Å². The SMILES string of the molecule is CC(C)c1ccc(C(=O)NC(=S)Nc2ccc(Cl)c(C(=O)NC3CCCCC3)c2)cc1. The van der Waals surface area contributed by atoms with Crippen molar-refractivity contribution in [3.63, 3.8) is 0 Å². The number of hydrogen-bond donors (Lipinski definition) is 3. The monoisotopic (exact) mass is 457 g/mol. The molecule has 0 unspecified atom stereocenters. The molecule has 1 fully saturated rings. The molecule has 1 aliphatic rings. The summed E-state index contributed by atoms with van der Waals surface area (Å²) < 4.78 is 0. The molecule has 0 bridgehead atoms. The molecule has 2 aromatic rings. The Hall–Kier alpha value is -2.44. The summed E-state index contributed by atoms with van der Waals surface area (Å²) in [6.07, 6.45) is 5.48. The Morgan fingerprint density at radius 2 is 1.68 bits per heavy atom. The Morgan fingerprint density at radius 1 is 1.00 bits per heavy atom. The summed E-state index contributed by atoms with van der Waals surface area (Å²) in [7, 11) is 0. The maximum Gasteiger partial charge on any atom is 0.257 e. The number of carbonyl (C=O) groups is 2. The van der Waals surface area contributed by atoms with Crippen LogP contribution in [0.3, 0.4) is 0 Å². The molecule has 0 aliphatic heterocycles. The molecule has 31 heavy (non-hydrogen) atoms.